The lowest BCUT2D eigenvalue weighted by atomic mass is 9.95. The van der Waals surface area contributed by atoms with Crippen molar-refractivity contribution in [3.8, 4) is 0 Å². The molecule has 6 nitrogen and oxygen atoms in total. The summed E-state index contributed by atoms with van der Waals surface area (Å²) in [4.78, 5) is 32.2. The summed E-state index contributed by atoms with van der Waals surface area (Å²) in [7, 11) is 0. The van der Waals surface area contributed by atoms with Crippen LogP contribution in [0, 0.1) is 0 Å². The number of para-hydroxylation sites is 2. The van der Waals surface area contributed by atoms with E-state index >= 15 is 0 Å². The van der Waals surface area contributed by atoms with E-state index in [-0.39, 0.29) is 11.8 Å². The summed E-state index contributed by atoms with van der Waals surface area (Å²) < 4.78 is 2.20. The van der Waals surface area contributed by atoms with Crippen LogP contribution in [0.4, 0.5) is 0 Å². The standard InChI is InChI=1S/C20H15N3O2.C8H7N/c24-19-16(13-5-2-8-21-10-13)17(20(25)22-19)15-11-23-9-3-6-12-4-1-7-14(15)18(12)23;1-2-4-8-7(3-1)5-6-9-8/h1-2,4-5,7-8,10-11H,3,6,9H2,(H,22,24,25);1-6,9H. The summed E-state index contributed by atoms with van der Waals surface area (Å²) in [5, 5.41) is 4.75. The van der Waals surface area contributed by atoms with Crippen LogP contribution in [0.1, 0.15) is 23.1 Å². The number of benzene rings is 2. The van der Waals surface area contributed by atoms with Gasteiger partial charge in [0.25, 0.3) is 11.8 Å². The van der Waals surface area contributed by atoms with Gasteiger partial charge in [0, 0.05) is 53.4 Å². The first-order valence-corrected chi connectivity index (χ1v) is 11.3. The molecular formula is C28H22N4O2. The predicted molar refractivity (Wildman–Crippen MR) is 133 cm³/mol. The fraction of sp³-hybridized carbons (Fsp3) is 0.107. The first kappa shape index (κ1) is 20.2. The minimum atomic E-state index is -0.361. The Morgan fingerprint density at radius 3 is 2.62 bits per heavy atom. The van der Waals surface area contributed by atoms with Crippen molar-refractivity contribution in [2.24, 2.45) is 0 Å². The van der Waals surface area contributed by atoms with Gasteiger partial charge in [0.2, 0.25) is 0 Å². The molecule has 7 rings (SSSR count). The molecule has 3 aromatic heterocycles. The van der Waals surface area contributed by atoms with Crippen molar-refractivity contribution in [1.82, 2.24) is 19.9 Å². The summed E-state index contributed by atoms with van der Waals surface area (Å²) in [5.74, 6) is -0.701. The monoisotopic (exact) mass is 446 g/mol. The third-order valence-corrected chi connectivity index (χ3v) is 6.44. The van der Waals surface area contributed by atoms with Gasteiger partial charge in [-0.3, -0.25) is 19.9 Å². The second kappa shape index (κ2) is 8.15. The number of imide groups is 1. The second-order valence-corrected chi connectivity index (χ2v) is 8.49. The van der Waals surface area contributed by atoms with Crippen LogP contribution in [-0.4, -0.2) is 26.3 Å². The average molecular weight is 447 g/mol. The maximum Gasteiger partial charge on any atom is 0.259 e. The van der Waals surface area contributed by atoms with Gasteiger partial charge in [-0.1, -0.05) is 42.5 Å². The number of hydrogen-bond acceptors (Lipinski definition) is 3. The minimum absolute atomic E-state index is 0.340. The van der Waals surface area contributed by atoms with Gasteiger partial charge in [0.15, 0.2) is 0 Å². The van der Waals surface area contributed by atoms with Crippen molar-refractivity contribution in [3.05, 3.63) is 102 Å². The van der Waals surface area contributed by atoms with Gasteiger partial charge >= 0.3 is 0 Å². The van der Waals surface area contributed by atoms with E-state index in [4.69, 9.17) is 0 Å². The van der Waals surface area contributed by atoms with Gasteiger partial charge < -0.3 is 9.55 Å². The van der Waals surface area contributed by atoms with Crippen molar-refractivity contribution in [3.63, 3.8) is 0 Å². The highest BCUT2D eigenvalue weighted by atomic mass is 16.2. The number of nitrogens with zero attached hydrogens (tertiary/aromatic N) is 2. The number of fused-ring (bicyclic) bond motifs is 1. The Labute approximate surface area is 195 Å². The molecule has 2 amide bonds. The number of hydrogen-bond donors (Lipinski definition) is 2. The number of carbonyl (C=O) groups excluding carboxylic acids is 2. The number of carbonyl (C=O) groups is 2. The number of amides is 2. The molecule has 6 heteroatoms. The molecule has 5 aromatic rings. The molecule has 2 aliphatic heterocycles. The number of nitrogens with one attached hydrogen (secondary N) is 2. The van der Waals surface area contributed by atoms with Crippen LogP contribution in [-0.2, 0) is 22.6 Å². The fourth-order valence-corrected chi connectivity index (χ4v) is 4.95. The molecule has 0 saturated carbocycles. The van der Waals surface area contributed by atoms with Gasteiger partial charge in [0.05, 0.1) is 16.7 Å². The summed E-state index contributed by atoms with van der Waals surface area (Å²) >= 11 is 0. The molecule has 2 aromatic carbocycles. The second-order valence-electron chi connectivity index (χ2n) is 8.49. The Kier molecular flexibility index (Phi) is 4.84. The van der Waals surface area contributed by atoms with Gasteiger partial charge in [0.1, 0.15) is 0 Å². The smallest absolute Gasteiger partial charge is 0.259 e. The van der Waals surface area contributed by atoms with Crippen molar-refractivity contribution in [1.29, 1.82) is 0 Å². The lowest BCUT2D eigenvalue weighted by molar-refractivity contribution is -0.122. The number of pyridine rings is 1. The maximum absolute atomic E-state index is 12.6. The van der Waals surface area contributed by atoms with Crippen LogP contribution < -0.4 is 5.32 Å². The van der Waals surface area contributed by atoms with Gasteiger partial charge in [-0.05, 0) is 42.0 Å². The van der Waals surface area contributed by atoms with E-state index in [1.165, 1.54) is 22.0 Å². The third-order valence-electron chi connectivity index (χ3n) is 6.44. The van der Waals surface area contributed by atoms with Crippen LogP contribution in [0.5, 0.6) is 0 Å². The Morgan fingerprint density at radius 2 is 1.76 bits per heavy atom. The molecule has 166 valence electrons. The van der Waals surface area contributed by atoms with Crippen LogP contribution in [0.15, 0.2) is 85.5 Å². The zero-order valence-electron chi connectivity index (χ0n) is 18.4. The molecule has 5 heterocycles. The highest BCUT2D eigenvalue weighted by Gasteiger charge is 2.34. The van der Waals surface area contributed by atoms with Crippen LogP contribution >= 0.6 is 0 Å². The van der Waals surface area contributed by atoms with E-state index in [2.05, 4.69) is 44.1 Å². The van der Waals surface area contributed by atoms with Gasteiger partial charge in [-0.15, -0.1) is 0 Å². The Morgan fingerprint density at radius 1 is 0.882 bits per heavy atom. The number of rotatable bonds is 2. The Hall–Kier alpha value is -4.45. The summed E-state index contributed by atoms with van der Waals surface area (Å²) in [5.41, 5.74) is 6.01. The van der Waals surface area contributed by atoms with E-state index in [0.29, 0.717) is 16.7 Å². The summed E-state index contributed by atoms with van der Waals surface area (Å²) in [6.45, 7) is 0.929. The maximum atomic E-state index is 12.6. The molecule has 2 N–H and O–H groups in total. The van der Waals surface area contributed by atoms with Gasteiger partial charge in [-0.2, -0.15) is 0 Å². The molecule has 0 spiro atoms. The van der Waals surface area contributed by atoms with Crippen molar-refractivity contribution >= 4 is 44.8 Å². The number of H-pyrrole nitrogens is 1. The van der Waals surface area contributed by atoms with Crippen LogP contribution in [0.2, 0.25) is 0 Å². The highest BCUT2D eigenvalue weighted by Crippen LogP contribution is 2.38. The highest BCUT2D eigenvalue weighted by molar-refractivity contribution is 6.50. The molecule has 0 unspecified atom stereocenters. The number of aromatic nitrogens is 3. The number of aryl methyl sites for hydroxylation is 2. The zero-order valence-corrected chi connectivity index (χ0v) is 18.4. The molecule has 0 saturated heterocycles. The lowest BCUT2D eigenvalue weighted by Gasteiger charge is -2.14. The van der Waals surface area contributed by atoms with Crippen LogP contribution in [0.3, 0.4) is 0 Å². The van der Waals surface area contributed by atoms with E-state index in [1.807, 2.05) is 42.7 Å². The van der Waals surface area contributed by atoms with Crippen LogP contribution in [0.25, 0.3) is 33.0 Å². The molecule has 0 bridgehead atoms. The first-order chi connectivity index (χ1) is 16.7. The lowest BCUT2D eigenvalue weighted by Crippen LogP contribution is -2.22. The summed E-state index contributed by atoms with van der Waals surface area (Å²) in [6.07, 6.45) is 9.36. The minimum Gasteiger partial charge on any atom is -0.361 e. The first-order valence-electron chi connectivity index (χ1n) is 11.3. The topological polar surface area (TPSA) is 79.8 Å². The number of aromatic amines is 1. The van der Waals surface area contributed by atoms with E-state index in [9.17, 15) is 9.59 Å². The predicted octanol–water partition coefficient (Wildman–Crippen LogP) is 4.72. The van der Waals surface area contributed by atoms with Crippen molar-refractivity contribution in [2.75, 3.05) is 0 Å². The third kappa shape index (κ3) is 3.31. The van der Waals surface area contributed by atoms with E-state index in [0.717, 1.165) is 30.3 Å². The van der Waals surface area contributed by atoms with Gasteiger partial charge in [-0.25, -0.2) is 0 Å². The molecule has 34 heavy (non-hydrogen) atoms. The largest absolute Gasteiger partial charge is 0.361 e. The molecule has 0 atom stereocenters. The average Bonchev–Trinajstić information content (AvgIpc) is 3.57. The Bertz CT molecular complexity index is 1560. The molecular weight excluding hydrogens is 424 g/mol. The molecule has 2 aliphatic rings. The molecule has 0 aliphatic carbocycles. The van der Waals surface area contributed by atoms with Crippen molar-refractivity contribution < 1.29 is 9.59 Å². The quantitative estimate of drug-likeness (QED) is 0.385. The zero-order chi connectivity index (χ0) is 23.1. The normalized spacial score (nSPS) is 14.9. The summed E-state index contributed by atoms with van der Waals surface area (Å²) in [6, 6.07) is 20.0. The fourth-order valence-electron chi connectivity index (χ4n) is 4.95. The molecule has 0 fully saturated rings. The SMILES string of the molecule is O=C1NC(=O)C(c2cn3c4c(cccc24)CCC3)=C1c1cccnc1.c1ccc2[nH]ccc2c1. The molecule has 0 radical (unpaired) electrons. The van der Waals surface area contributed by atoms with E-state index in [1.54, 1.807) is 18.5 Å². The van der Waals surface area contributed by atoms with Crippen molar-refractivity contribution in [2.45, 2.75) is 19.4 Å². The Balaban J connectivity index is 0.000000202. The van der Waals surface area contributed by atoms with E-state index < -0.39 is 0 Å².